The topological polar surface area (TPSA) is 49.3 Å². The molecule has 0 saturated heterocycles. The SMILES string of the molecule is CNCc1ccc(Cl)cc1-c1sc2c(c1C(=O)O)CC(C)(C)CC2. The molecule has 0 saturated carbocycles. The fraction of sp³-hybridized carbons (Fsp3) is 0.421. The van der Waals surface area contributed by atoms with Gasteiger partial charge < -0.3 is 10.4 Å². The highest BCUT2D eigenvalue weighted by atomic mass is 35.5. The summed E-state index contributed by atoms with van der Waals surface area (Å²) in [7, 11) is 1.89. The summed E-state index contributed by atoms with van der Waals surface area (Å²) in [5.41, 5.74) is 3.66. The first-order chi connectivity index (χ1) is 11.3. The molecule has 3 rings (SSSR count). The number of carboxylic acids is 1. The second-order valence-corrected chi connectivity index (χ2v) is 8.73. The Balaban J connectivity index is 2.21. The Morgan fingerprint density at radius 1 is 1.42 bits per heavy atom. The number of hydrogen-bond acceptors (Lipinski definition) is 3. The molecular weight excluding hydrogens is 342 g/mol. The minimum Gasteiger partial charge on any atom is -0.478 e. The number of benzene rings is 1. The number of carbonyl (C=O) groups is 1. The standard InChI is InChI=1S/C19H22ClNO2S/c1-19(2)7-6-15-14(9-19)16(18(22)23)17(24-15)13-8-12(20)5-4-11(13)10-21-3/h4-5,8,21H,6-7,9-10H2,1-3H3,(H,22,23). The summed E-state index contributed by atoms with van der Waals surface area (Å²) in [5.74, 6) is -0.837. The lowest BCUT2D eigenvalue weighted by molar-refractivity contribution is 0.0696. The highest BCUT2D eigenvalue weighted by Gasteiger charge is 2.33. The summed E-state index contributed by atoms with van der Waals surface area (Å²) in [6, 6.07) is 5.72. The number of hydrogen-bond donors (Lipinski definition) is 2. The number of rotatable bonds is 4. The van der Waals surface area contributed by atoms with Gasteiger partial charge in [-0.2, -0.15) is 0 Å². The van der Waals surface area contributed by atoms with Crippen LogP contribution in [0.4, 0.5) is 0 Å². The van der Waals surface area contributed by atoms with Crippen LogP contribution in [0.25, 0.3) is 10.4 Å². The largest absolute Gasteiger partial charge is 0.478 e. The van der Waals surface area contributed by atoms with Crippen molar-refractivity contribution in [3.63, 3.8) is 0 Å². The number of thiophene rings is 1. The smallest absolute Gasteiger partial charge is 0.337 e. The van der Waals surface area contributed by atoms with Crippen LogP contribution in [0, 0.1) is 5.41 Å². The van der Waals surface area contributed by atoms with E-state index in [9.17, 15) is 9.90 Å². The van der Waals surface area contributed by atoms with Gasteiger partial charge in [-0.3, -0.25) is 0 Å². The van der Waals surface area contributed by atoms with Gasteiger partial charge in [0.15, 0.2) is 0 Å². The lowest BCUT2D eigenvalue weighted by Crippen LogP contribution is -2.22. The van der Waals surface area contributed by atoms with E-state index in [-0.39, 0.29) is 5.41 Å². The van der Waals surface area contributed by atoms with E-state index < -0.39 is 5.97 Å². The van der Waals surface area contributed by atoms with E-state index in [0.29, 0.717) is 17.1 Å². The molecule has 0 spiro atoms. The Morgan fingerprint density at radius 3 is 2.83 bits per heavy atom. The number of carboxylic acid groups (broad SMARTS) is 1. The van der Waals surface area contributed by atoms with E-state index in [1.807, 2.05) is 25.2 Å². The molecule has 0 bridgehead atoms. The predicted molar refractivity (Wildman–Crippen MR) is 100 cm³/mol. The number of nitrogens with one attached hydrogen (secondary N) is 1. The second kappa shape index (κ2) is 6.51. The minimum atomic E-state index is -0.837. The molecule has 24 heavy (non-hydrogen) atoms. The van der Waals surface area contributed by atoms with Crippen LogP contribution in [0.3, 0.4) is 0 Å². The molecular formula is C19H22ClNO2S. The monoisotopic (exact) mass is 363 g/mol. The molecule has 0 radical (unpaired) electrons. The Bertz CT molecular complexity index is 795. The molecule has 0 atom stereocenters. The van der Waals surface area contributed by atoms with E-state index in [4.69, 9.17) is 11.6 Å². The molecule has 1 aromatic heterocycles. The molecule has 1 aromatic carbocycles. The zero-order valence-corrected chi connectivity index (χ0v) is 15.8. The first kappa shape index (κ1) is 17.5. The van der Waals surface area contributed by atoms with Crippen molar-refractivity contribution in [3.8, 4) is 10.4 Å². The molecule has 1 heterocycles. The van der Waals surface area contributed by atoms with Crippen molar-refractivity contribution in [2.24, 2.45) is 5.41 Å². The van der Waals surface area contributed by atoms with Crippen LogP contribution in [-0.4, -0.2) is 18.1 Å². The first-order valence-electron chi connectivity index (χ1n) is 8.13. The van der Waals surface area contributed by atoms with Gasteiger partial charge >= 0.3 is 5.97 Å². The fourth-order valence-corrected chi connectivity index (χ4v) is 4.97. The molecule has 3 nitrogen and oxygen atoms in total. The number of halogens is 1. The fourth-order valence-electron chi connectivity index (χ4n) is 3.44. The maximum absolute atomic E-state index is 12.1. The highest BCUT2D eigenvalue weighted by molar-refractivity contribution is 7.16. The Hall–Kier alpha value is -1.36. The maximum Gasteiger partial charge on any atom is 0.337 e. The molecule has 0 amide bonds. The van der Waals surface area contributed by atoms with Crippen LogP contribution in [0.1, 0.15) is 46.6 Å². The predicted octanol–water partition coefficient (Wildman–Crippen LogP) is 5.00. The van der Waals surface area contributed by atoms with Crippen molar-refractivity contribution in [3.05, 3.63) is 44.8 Å². The van der Waals surface area contributed by atoms with Gasteiger partial charge in [0.2, 0.25) is 0 Å². The molecule has 1 aliphatic rings. The van der Waals surface area contributed by atoms with Crippen LogP contribution >= 0.6 is 22.9 Å². The van der Waals surface area contributed by atoms with E-state index in [2.05, 4.69) is 19.2 Å². The number of aromatic carboxylic acids is 1. The van der Waals surface area contributed by atoms with Crippen LogP contribution in [-0.2, 0) is 19.4 Å². The average Bonchev–Trinajstić information content (AvgIpc) is 2.86. The van der Waals surface area contributed by atoms with Gasteiger partial charge in [-0.15, -0.1) is 11.3 Å². The summed E-state index contributed by atoms with van der Waals surface area (Å²) in [4.78, 5) is 14.1. The van der Waals surface area contributed by atoms with E-state index in [1.54, 1.807) is 11.3 Å². The zero-order chi connectivity index (χ0) is 17.5. The van der Waals surface area contributed by atoms with Gasteiger partial charge in [0.25, 0.3) is 0 Å². The zero-order valence-electron chi connectivity index (χ0n) is 14.2. The highest BCUT2D eigenvalue weighted by Crippen LogP contribution is 2.46. The van der Waals surface area contributed by atoms with Gasteiger partial charge in [0, 0.05) is 21.3 Å². The normalized spacial score (nSPS) is 16.0. The quantitative estimate of drug-likeness (QED) is 0.803. The number of fused-ring (bicyclic) bond motifs is 1. The Labute approximate surface area is 151 Å². The van der Waals surface area contributed by atoms with Crippen LogP contribution in [0.2, 0.25) is 5.02 Å². The van der Waals surface area contributed by atoms with Gasteiger partial charge in [-0.05, 0) is 60.5 Å². The maximum atomic E-state index is 12.1. The average molecular weight is 364 g/mol. The Morgan fingerprint density at radius 2 is 2.17 bits per heavy atom. The van der Waals surface area contributed by atoms with Crippen molar-refractivity contribution < 1.29 is 9.90 Å². The second-order valence-electron chi connectivity index (χ2n) is 7.19. The molecule has 1 aliphatic carbocycles. The molecule has 2 N–H and O–H groups in total. The summed E-state index contributed by atoms with van der Waals surface area (Å²) in [5, 5.41) is 13.7. The third kappa shape index (κ3) is 3.23. The van der Waals surface area contributed by atoms with E-state index in [0.717, 1.165) is 40.8 Å². The van der Waals surface area contributed by atoms with Gasteiger partial charge in [0.1, 0.15) is 0 Å². The Kier molecular flexibility index (Phi) is 4.73. The van der Waals surface area contributed by atoms with E-state index >= 15 is 0 Å². The van der Waals surface area contributed by atoms with Crippen LogP contribution in [0.5, 0.6) is 0 Å². The third-order valence-corrected chi connectivity index (χ3v) is 6.23. The lowest BCUT2D eigenvalue weighted by Gasteiger charge is -2.29. The van der Waals surface area contributed by atoms with Gasteiger partial charge in [-0.25, -0.2) is 4.79 Å². The van der Waals surface area contributed by atoms with Crippen LogP contribution in [0.15, 0.2) is 18.2 Å². The summed E-state index contributed by atoms with van der Waals surface area (Å²) < 4.78 is 0. The summed E-state index contributed by atoms with van der Waals surface area (Å²) in [6.07, 6.45) is 2.87. The van der Waals surface area contributed by atoms with Gasteiger partial charge in [-0.1, -0.05) is 31.5 Å². The third-order valence-electron chi connectivity index (χ3n) is 4.67. The van der Waals surface area contributed by atoms with Crippen molar-refractivity contribution >= 4 is 28.9 Å². The molecule has 2 aromatic rings. The molecule has 128 valence electrons. The van der Waals surface area contributed by atoms with Crippen molar-refractivity contribution in [2.45, 2.75) is 39.7 Å². The molecule has 5 heteroatoms. The van der Waals surface area contributed by atoms with Crippen molar-refractivity contribution in [1.29, 1.82) is 0 Å². The number of aryl methyl sites for hydroxylation is 1. The minimum absolute atomic E-state index is 0.150. The summed E-state index contributed by atoms with van der Waals surface area (Å²) in [6.45, 7) is 5.11. The van der Waals surface area contributed by atoms with Crippen LogP contribution < -0.4 is 5.32 Å². The molecule has 0 unspecified atom stereocenters. The van der Waals surface area contributed by atoms with Crippen molar-refractivity contribution in [2.75, 3.05) is 7.05 Å². The van der Waals surface area contributed by atoms with Crippen molar-refractivity contribution in [1.82, 2.24) is 5.32 Å². The molecule has 0 fully saturated rings. The molecule has 0 aliphatic heterocycles. The van der Waals surface area contributed by atoms with E-state index in [1.165, 1.54) is 4.88 Å². The lowest BCUT2D eigenvalue weighted by atomic mass is 9.76. The summed E-state index contributed by atoms with van der Waals surface area (Å²) >= 11 is 7.83. The first-order valence-corrected chi connectivity index (χ1v) is 9.33. The van der Waals surface area contributed by atoms with Gasteiger partial charge in [0.05, 0.1) is 5.56 Å².